The number of aliphatic hydroxyl groups excluding tert-OH is 4. The highest BCUT2D eigenvalue weighted by molar-refractivity contribution is 5.79. The Morgan fingerprint density at radius 3 is 2.40 bits per heavy atom. The van der Waals surface area contributed by atoms with Crippen LogP contribution in [-0.2, 0) is 28.6 Å². The highest BCUT2D eigenvalue weighted by atomic mass is 16.7. The van der Waals surface area contributed by atoms with E-state index in [0.717, 1.165) is 44.8 Å². The lowest BCUT2D eigenvalue weighted by Crippen LogP contribution is -2.74. The Hall–Kier alpha value is -2.23. The minimum Gasteiger partial charge on any atom is -0.481 e. The summed E-state index contributed by atoms with van der Waals surface area (Å²) < 4.78 is 18.3. The standard InChI is InChI=1S/C47H71NO12/c1-41(2)30-10-14-43(4)37-25(18-27(29(22-50)48-6)28(44(30,37)5)20-32(41)59-39-35(53)33(51)34(52)36(60-39)38(54)55)19-31-45(43,13-9-17-49)15-16-47(40(56)57)26(23-58-7)21-42(3)11-8-12-46(31,47)24-42/h8,12,17,19,25-30,32-37,39,48,50-53H,9-11,13-16,18,20-24H2,1-7H3,(H,54,55)(H,56,57)/t25-,26+,27+,28-,29+,30-,32-,33-,34-,35+,36-,37-,39+,42-,43+,44-,45+,46-,47-/m0/s1. The molecule has 0 aromatic rings. The monoisotopic (exact) mass is 841 g/mol. The van der Waals surface area contributed by atoms with Crippen LogP contribution in [0.3, 0.4) is 0 Å². The number of nitrogens with one attached hydrogen (secondary N) is 1. The molecular formula is C47H71NO12. The van der Waals surface area contributed by atoms with Crippen LogP contribution in [0.1, 0.15) is 105 Å². The molecule has 13 nitrogen and oxygen atoms in total. The number of hydrogen-bond acceptors (Lipinski definition) is 11. The summed E-state index contributed by atoms with van der Waals surface area (Å²) in [5.41, 5.74) is -2.33. The molecule has 0 amide bonds. The number of carboxylic acids is 2. The van der Waals surface area contributed by atoms with Crippen LogP contribution < -0.4 is 5.32 Å². The van der Waals surface area contributed by atoms with Gasteiger partial charge in [0.15, 0.2) is 12.4 Å². The third kappa shape index (κ3) is 5.67. The highest BCUT2D eigenvalue weighted by Crippen LogP contribution is 2.83. The molecule has 60 heavy (non-hydrogen) atoms. The number of aldehydes is 1. The number of aliphatic carboxylic acids is 2. The fourth-order valence-electron chi connectivity index (χ4n) is 17.4. The molecule has 8 aliphatic rings. The van der Waals surface area contributed by atoms with Gasteiger partial charge < -0.3 is 55.0 Å². The predicted molar refractivity (Wildman–Crippen MR) is 219 cm³/mol. The SMILES string of the molecule is CN[C@H](CO)[C@@H]1C[C@H]2C=C3[C@@](CCC=O)(CC[C@@]4(C(=O)O)[C@@H](COC)C[C@]5(C)CC=C[C@]34C5)[C@]3(C)CC[C@H]4C(C)(C)[C@@H](O[C@@H]5O[C@H](C(=O)O)[C@@H](O)[C@H](O)[C@H]5O)C[C@@H]1[C@]4(C)[C@@H]23. The topological polar surface area (TPSA) is 212 Å². The van der Waals surface area contributed by atoms with Crippen LogP contribution in [0.15, 0.2) is 23.8 Å². The number of carboxylic acid groups (broad SMARTS) is 2. The van der Waals surface area contributed by atoms with Gasteiger partial charge in [-0.15, -0.1) is 0 Å². The second-order valence-corrected chi connectivity index (χ2v) is 22.1. The van der Waals surface area contributed by atoms with Crippen molar-refractivity contribution in [2.45, 2.75) is 148 Å². The van der Waals surface area contributed by atoms with Crippen LogP contribution in [-0.4, -0.2) is 119 Å². The molecule has 336 valence electrons. The highest BCUT2D eigenvalue weighted by Gasteiger charge is 2.79. The Morgan fingerprint density at radius 2 is 1.77 bits per heavy atom. The van der Waals surface area contributed by atoms with Crippen LogP contribution in [0, 0.1) is 73.4 Å². The number of carbonyl (C=O) groups is 3. The van der Waals surface area contributed by atoms with E-state index in [1.54, 1.807) is 7.11 Å². The summed E-state index contributed by atoms with van der Waals surface area (Å²) >= 11 is 0. The van der Waals surface area contributed by atoms with Gasteiger partial charge in [-0.05, 0) is 128 Å². The fourth-order valence-corrected chi connectivity index (χ4v) is 17.4. The summed E-state index contributed by atoms with van der Waals surface area (Å²) in [4.78, 5) is 38.9. The van der Waals surface area contributed by atoms with Crippen molar-refractivity contribution >= 4 is 18.2 Å². The Balaban J connectivity index is 1.30. The zero-order valence-corrected chi connectivity index (χ0v) is 36.6. The number of carbonyl (C=O) groups excluding carboxylic acids is 1. The molecule has 6 fully saturated rings. The van der Waals surface area contributed by atoms with Crippen molar-refractivity contribution in [1.82, 2.24) is 5.32 Å². The zero-order valence-electron chi connectivity index (χ0n) is 36.6. The van der Waals surface area contributed by atoms with E-state index in [-0.39, 0.29) is 64.4 Å². The summed E-state index contributed by atoms with van der Waals surface area (Å²) in [6.45, 7) is 11.9. The molecule has 13 heteroatoms. The predicted octanol–water partition coefficient (Wildman–Crippen LogP) is 4.34. The van der Waals surface area contributed by atoms with Crippen molar-refractivity contribution in [2.75, 3.05) is 27.4 Å². The first-order valence-electron chi connectivity index (χ1n) is 22.7. The molecule has 1 heterocycles. The van der Waals surface area contributed by atoms with Crippen molar-refractivity contribution in [3.63, 3.8) is 0 Å². The largest absolute Gasteiger partial charge is 0.481 e. The molecule has 7 N–H and O–H groups in total. The van der Waals surface area contributed by atoms with Crippen molar-refractivity contribution < 1.29 is 59.2 Å². The Kier molecular flexibility index (Phi) is 11.0. The number of fused-ring (bicyclic) bond motifs is 3. The first-order valence-corrected chi connectivity index (χ1v) is 22.7. The molecule has 0 aromatic carbocycles. The Labute approximate surface area is 354 Å². The van der Waals surface area contributed by atoms with Crippen molar-refractivity contribution in [3.8, 4) is 0 Å². The second-order valence-electron chi connectivity index (χ2n) is 22.1. The third-order valence-corrected chi connectivity index (χ3v) is 19.5. The van der Waals surface area contributed by atoms with E-state index in [9.17, 15) is 45.0 Å². The number of likely N-dealkylation sites (N-methyl/N-ethyl adjacent to an activating group) is 1. The van der Waals surface area contributed by atoms with Gasteiger partial charge in [-0.3, -0.25) is 4.79 Å². The van der Waals surface area contributed by atoms with Gasteiger partial charge in [-0.1, -0.05) is 58.4 Å². The fraction of sp³-hybridized carbons (Fsp3) is 0.851. The molecule has 5 saturated carbocycles. The van der Waals surface area contributed by atoms with Crippen LogP contribution in [0.4, 0.5) is 0 Å². The Bertz CT molecular complexity index is 1780. The van der Waals surface area contributed by atoms with E-state index >= 15 is 0 Å². The maximum Gasteiger partial charge on any atom is 0.335 e. The molecule has 0 aromatic heterocycles. The molecule has 1 saturated heterocycles. The molecule has 19 atom stereocenters. The summed E-state index contributed by atoms with van der Waals surface area (Å²) in [6.07, 6.45) is 6.53. The minimum absolute atomic E-state index is 0.00548. The van der Waals surface area contributed by atoms with E-state index in [1.165, 1.54) is 5.57 Å². The first kappa shape index (κ1) is 44.4. The van der Waals surface area contributed by atoms with E-state index in [4.69, 9.17) is 14.2 Å². The summed E-state index contributed by atoms with van der Waals surface area (Å²) in [5, 5.41) is 68.3. The maximum atomic E-state index is 14.2. The van der Waals surface area contributed by atoms with E-state index in [0.29, 0.717) is 38.7 Å². The smallest absolute Gasteiger partial charge is 0.335 e. The molecule has 1 aliphatic heterocycles. The van der Waals surface area contributed by atoms with E-state index < -0.39 is 70.4 Å². The van der Waals surface area contributed by atoms with Crippen molar-refractivity contribution in [2.24, 2.45) is 73.4 Å². The van der Waals surface area contributed by atoms with Gasteiger partial charge in [0, 0.05) is 30.9 Å². The quantitative estimate of drug-likeness (QED) is 0.0829. The molecule has 0 unspecified atom stereocenters. The van der Waals surface area contributed by atoms with Gasteiger partial charge in [-0.2, -0.15) is 0 Å². The normalized spacial score (nSPS) is 51.5. The first-order chi connectivity index (χ1) is 28.2. The molecule has 7 aliphatic carbocycles. The number of hydrogen-bond donors (Lipinski definition) is 7. The average Bonchev–Trinajstić information content (AvgIpc) is 3.17. The van der Waals surface area contributed by atoms with Crippen LogP contribution in [0.5, 0.6) is 0 Å². The van der Waals surface area contributed by atoms with Gasteiger partial charge in [0.05, 0.1) is 24.7 Å². The molecule has 2 bridgehead atoms. The van der Waals surface area contributed by atoms with Crippen LogP contribution in [0.25, 0.3) is 0 Å². The van der Waals surface area contributed by atoms with Gasteiger partial charge in [0.1, 0.15) is 24.6 Å². The number of methoxy groups -OCH3 is 1. The maximum absolute atomic E-state index is 14.2. The molecule has 1 spiro atoms. The second kappa shape index (κ2) is 14.9. The van der Waals surface area contributed by atoms with Gasteiger partial charge in [-0.25, -0.2) is 4.79 Å². The lowest BCUT2D eigenvalue weighted by molar-refractivity contribution is -0.336. The average molecular weight is 842 g/mol. The number of aliphatic hydroxyl groups is 4. The van der Waals surface area contributed by atoms with E-state index in [2.05, 4.69) is 58.2 Å². The summed E-state index contributed by atoms with van der Waals surface area (Å²) in [5.74, 6) is -2.19. The number of rotatable bonds is 12. The number of ether oxygens (including phenoxy) is 3. The van der Waals surface area contributed by atoms with Crippen LogP contribution >= 0.6 is 0 Å². The summed E-state index contributed by atoms with van der Waals surface area (Å²) in [6, 6.07) is -0.269. The van der Waals surface area contributed by atoms with Crippen molar-refractivity contribution in [3.05, 3.63) is 23.8 Å². The lowest BCUT2D eigenvalue weighted by Gasteiger charge is -2.78. The minimum atomic E-state index is -1.83. The molecule has 8 rings (SSSR count). The van der Waals surface area contributed by atoms with Gasteiger partial charge in [0.2, 0.25) is 0 Å². The lowest BCUT2D eigenvalue weighted by atomic mass is 9.25. The van der Waals surface area contributed by atoms with Gasteiger partial charge in [0.25, 0.3) is 0 Å². The summed E-state index contributed by atoms with van der Waals surface area (Å²) in [7, 11) is 3.55. The van der Waals surface area contributed by atoms with Crippen LogP contribution in [0.2, 0.25) is 0 Å². The number of allylic oxidation sites excluding steroid dienone is 4. The van der Waals surface area contributed by atoms with Gasteiger partial charge >= 0.3 is 11.9 Å². The third-order valence-electron chi connectivity index (χ3n) is 19.5. The molecular weight excluding hydrogens is 771 g/mol. The van der Waals surface area contributed by atoms with E-state index in [1.807, 2.05) is 7.05 Å². The van der Waals surface area contributed by atoms with Crippen molar-refractivity contribution in [1.29, 1.82) is 0 Å². The Morgan fingerprint density at radius 1 is 1.03 bits per heavy atom. The molecule has 0 radical (unpaired) electrons. The zero-order chi connectivity index (χ0) is 43.6.